The third kappa shape index (κ3) is 2.85. The van der Waals surface area contributed by atoms with Crippen LogP contribution in [0, 0.1) is 0 Å². The lowest BCUT2D eigenvalue weighted by molar-refractivity contribution is -0.141. The van der Waals surface area contributed by atoms with Crippen LogP contribution in [0.3, 0.4) is 0 Å². The summed E-state index contributed by atoms with van der Waals surface area (Å²) in [5, 5.41) is 13.6. The van der Waals surface area contributed by atoms with Crippen molar-refractivity contribution < 1.29 is 19.5 Å². The van der Waals surface area contributed by atoms with Crippen molar-refractivity contribution in [3.63, 3.8) is 0 Å². The van der Waals surface area contributed by atoms with Crippen molar-refractivity contribution >= 4 is 17.9 Å². The van der Waals surface area contributed by atoms with Gasteiger partial charge in [-0.15, -0.1) is 0 Å². The van der Waals surface area contributed by atoms with Gasteiger partial charge in [0.25, 0.3) is 0 Å². The number of likely N-dealkylation sites (N-methyl/N-ethyl adjacent to an activating group) is 1. The van der Waals surface area contributed by atoms with Crippen LogP contribution in [-0.4, -0.2) is 54.1 Å². The molecule has 3 N–H and O–H groups in total. The maximum absolute atomic E-state index is 11.6. The number of carboxylic acid groups (broad SMARTS) is 1. The Kier molecular flexibility index (Phi) is 4.10. The summed E-state index contributed by atoms with van der Waals surface area (Å²) in [5.74, 6) is -1.33. The molecular formula is C9H15N3O4. The summed E-state index contributed by atoms with van der Waals surface area (Å²) in [4.78, 5) is 34.5. The van der Waals surface area contributed by atoms with E-state index in [0.29, 0.717) is 19.4 Å². The van der Waals surface area contributed by atoms with Crippen molar-refractivity contribution in [1.29, 1.82) is 0 Å². The van der Waals surface area contributed by atoms with E-state index in [2.05, 4.69) is 10.6 Å². The fourth-order valence-corrected chi connectivity index (χ4v) is 1.61. The number of carboxylic acids is 1. The number of nitrogens with zero attached hydrogens (tertiary/aromatic N) is 1. The van der Waals surface area contributed by atoms with Crippen LogP contribution in [0.15, 0.2) is 0 Å². The zero-order chi connectivity index (χ0) is 12.1. The molecule has 0 aliphatic carbocycles. The van der Waals surface area contributed by atoms with Gasteiger partial charge in [0.1, 0.15) is 6.04 Å². The Hall–Kier alpha value is -1.79. The number of hydrogen-bond donors (Lipinski definition) is 3. The first-order chi connectivity index (χ1) is 7.56. The lowest BCUT2D eigenvalue weighted by Gasteiger charge is -2.21. The minimum Gasteiger partial charge on any atom is -0.480 e. The van der Waals surface area contributed by atoms with Crippen LogP contribution in [0.5, 0.6) is 0 Å². The van der Waals surface area contributed by atoms with Crippen molar-refractivity contribution in [2.45, 2.75) is 18.9 Å². The van der Waals surface area contributed by atoms with Crippen LogP contribution >= 0.6 is 0 Å². The van der Waals surface area contributed by atoms with E-state index in [1.807, 2.05) is 0 Å². The van der Waals surface area contributed by atoms with Gasteiger partial charge in [0.2, 0.25) is 5.91 Å². The zero-order valence-electron chi connectivity index (χ0n) is 9.02. The van der Waals surface area contributed by atoms with E-state index in [1.165, 1.54) is 11.9 Å². The van der Waals surface area contributed by atoms with Gasteiger partial charge in [-0.1, -0.05) is 0 Å². The monoisotopic (exact) mass is 229 g/mol. The highest BCUT2D eigenvalue weighted by atomic mass is 16.4. The van der Waals surface area contributed by atoms with E-state index >= 15 is 0 Å². The van der Waals surface area contributed by atoms with Gasteiger partial charge in [0.15, 0.2) is 0 Å². The number of carbonyl (C=O) groups excluding carboxylic acids is 2. The van der Waals surface area contributed by atoms with E-state index in [0.717, 1.165) is 0 Å². The number of rotatable bonds is 3. The molecule has 3 amide bonds. The summed E-state index contributed by atoms with van der Waals surface area (Å²) >= 11 is 0. The first-order valence-electron chi connectivity index (χ1n) is 5.04. The number of carbonyl (C=O) groups is 3. The van der Waals surface area contributed by atoms with Gasteiger partial charge in [-0.3, -0.25) is 4.79 Å². The van der Waals surface area contributed by atoms with Gasteiger partial charge >= 0.3 is 12.0 Å². The van der Waals surface area contributed by atoms with Crippen LogP contribution in [0.2, 0.25) is 0 Å². The second-order valence-electron chi connectivity index (χ2n) is 3.52. The predicted octanol–water partition coefficient (Wildman–Crippen LogP) is -1.01. The maximum Gasteiger partial charge on any atom is 0.326 e. The molecule has 0 spiro atoms. The second kappa shape index (κ2) is 5.34. The summed E-state index contributed by atoms with van der Waals surface area (Å²) < 4.78 is 0. The third-order valence-corrected chi connectivity index (χ3v) is 2.48. The zero-order valence-corrected chi connectivity index (χ0v) is 9.02. The molecule has 1 fully saturated rings. The van der Waals surface area contributed by atoms with Crippen molar-refractivity contribution in [2.24, 2.45) is 0 Å². The standard InChI is InChI=1S/C9H15N3O4/c1-10-7(13)5-11-9(16)12-4-2-3-6(12)8(14)15/h6H,2-5H2,1H3,(H,10,13)(H,11,16)(H,14,15)/t6-/m0/s1. The van der Waals surface area contributed by atoms with Crippen molar-refractivity contribution in [2.75, 3.05) is 20.1 Å². The molecule has 7 nitrogen and oxygen atoms in total. The number of likely N-dealkylation sites (tertiary alicyclic amines) is 1. The fraction of sp³-hybridized carbons (Fsp3) is 0.667. The highest BCUT2D eigenvalue weighted by Crippen LogP contribution is 2.16. The summed E-state index contributed by atoms with van der Waals surface area (Å²) in [7, 11) is 1.46. The first kappa shape index (κ1) is 12.3. The average Bonchev–Trinajstić information content (AvgIpc) is 2.74. The van der Waals surface area contributed by atoms with Crippen LogP contribution in [0.1, 0.15) is 12.8 Å². The molecule has 0 bridgehead atoms. The molecule has 1 rings (SSSR count). The molecule has 0 aromatic heterocycles. The van der Waals surface area contributed by atoms with Gasteiger partial charge in [-0.2, -0.15) is 0 Å². The minimum atomic E-state index is -1.01. The Morgan fingerprint density at radius 2 is 2.12 bits per heavy atom. The Labute approximate surface area is 92.8 Å². The Balaban J connectivity index is 2.47. The topological polar surface area (TPSA) is 98.7 Å². The van der Waals surface area contributed by atoms with Crippen LogP contribution in [-0.2, 0) is 9.59 Å². The first-order valence-corrected chi connectivity index (χ1v) is 5.04. The second-order valence-corrected chi connectivity index (χ2v) is 3.52. The number of hydrogen-bond acceptors (Lipinski definition) is 3. The van der Waals surface area contributed by atoms with E-state index in [9.17, 15) is 14.4 Å². The van der Waals surface area contributed by atoms with Crippen molar-refractivity contribution in [3.8, 4) is 0 Å². The van der Waals surface area contributed by atoms with Gasteiger partial charge in [0, 0.05) is 13.6 Å². The van der Waals surface area contributed by atoms with Crippen LogP contribution in [0.25, 0.3) is 0 Å². The highest BCUT2D eigenvalue weighted by Gasteiger charge is 2.33. The van der Waals surface area contributed by atoms with Gasteiger partial charge in [-0.05, 0) is 12.8 Å². The average molecular weight is 229 g/mol. The molecule has 0 aromatic rings. The molecule has 0 aromatic carbocycles. The third-order valence-electron chi connectivity index (χ3n) is 2.48. The molecule has 1 saturated heterocycles. The Morgan fingerprint density at radius 1 is 1.44 bits per heavy atom. The predicted molar refractivity (Wildman–Crippen MR) is 54.8 cm³/mol. The summed E-state index contributed by atoms with van der Waals surface area (Å²) in [6, 6.07) is -1.28. The molecule has 0 radical (unpaired) electrons. The molecule has 90 valence electrons. The molecule has 1 aliphatic rings. The molecule has 7 heteroatoms. The Morgan fingerprint density at radius 3 is 2.69 bits per heavy atom. The quantitative estimate of drug-likeness (QED) is 0.577. The lowest BCUT2D eigenvalue weighted by Crippen LogP contribution is -2.48. The SMILES string of the molecule is CNC(=O)CNC(=O)N1CCC[C@H]1C(=O)O. The Bertz CT molecular complexity index is 305. The minimum absolute atomic E-state index is 0.141. The van der Waals surface area contributed by atoms with Gasteiger partial charge in [0.05, 0.1) is 6.54 Å². The van der Waals surface area contributed by atoms with E-state index in [4.69, 9.17) is 5.11 Å². The van der Waals surface area contributed by atoms with Gasteiger partial charge in [-0.25, -0.2) is 9.59 Å². The highest BCUT2D eigenvalue weighted by molar-refractivity contribution is 5.86. The summed E-state index contributed by atoms with van der Waals surface area (Å²) in [6.45, 7) is 0.273. The van der Waals surface area contributed by atoms with E-state index < -0.39 is 18.0 Å². The molecule has 0 saturated carbocycles. The number of nitrogens with one attached hydrogen (secondary N) is 2. The number of urea groups is 1. The maximum atomic E-state index is 11.6. The molecular weight excluding hydrogens is 214 g/mol. The smallest absolute Gasteiger partial charge is 0.326 e. The van der Waals surface area contributed by atoms with Crippen LogP contribution < -0.4 is 10.6 Å². The van der Waals surface area contributed by atoms with Crippen LogP contribution in [0.4, 0.5) is 4.79 Å². The molecule has 1 atom stereocenters. The molecule has 16 heavy (non-hydrogen) atoms. The largest absolute Gasteiger partial charge is 0.480 e. The molecule has 1 aliphatic heterocycles. The lowest BCUT2D eigenvalue weighted by atomic mass is 10.2. The van der Waals surface area contributed by atoms with E-state index in [1.54, 1.807) is 0 Å². The number of amides is 3. The van der Waals surface area contributed by atoms with E-state index in [-0.39, 0.29) is 12.5 Å². The molecule has 0 unspecified atom stereocenters. The fourth-order valence-electron chi connectivity index (χ4n) is 1.61. The normalized spacial score (nSPS) is 19.3. The number of aliphatic carboxylic acids is 1. The molecule has 1 heterocycles. The summed E-state index contributed by atoms with van der Waals surface area (Å²) in [6.07, 6.45) is 1.13. The van der Waals surface area contributed by atoms with Gasteiger partial charge < -0.3 is 20.6 Å². The summed E-state index contributed by atoms with van der Waals surface area (Å²) in [5.41, 5.74) is 0. The van der Waals surface area contributed by atoms with Crippen molar-refractivity contribution in [3.05, 3.63) is 0 Å². The van der Waals surface area contributed by atoms with Crippen molar-refractivity contribution in [1.82, 2.24) is 15.5 Å².